The Morgan fingerprint density at radius 1 is 1.41 bits per heavy atom. The van der Waals surface area contributed by atoms with Crippen molar-refractivity contribution < 1.29 is 9.53 Å². The van der Waals surface area contributed by atoms with Crippen LogP contribution in [0.2, 0.25) is 5.02 Å². The molecule has 1 amide bonds. The first-order chi connectivity index (χ1) is 10.4. The number of aromatic nitrogens is 2. The van der Waals surface area contributed by atoms with Gasteiger partial charge in [0.25, 0.3) is 5.91 Å². The molecule has 1 atom stereocenters. The number of hydrogen-bond acceptors (Lipinski definition) is 3. The lowest BCUT2D eigenvalue weighted by atomic mass is 10.0. The summed E-state index contributed by atoms with van der Waals surface area (Å²) in [5.41, 5.74) is 0.451. The van der Waals surface area contributed by atoms with E-state index in [1.54, 1.807) is 24.4 Å². The Kier molecular flexibility index (Phi) is 5.08. The first-order valence-corrected chi connectivity index (χ1v) is 7.43. The fourth-order valence-electron chi connectivity index (χ4n) is 2.28. The number of halogens is 1. The predicted octanol–water partition coefficient (Wildman–Crippen LogP) is 3.21. The van der Waals surface area contributed by atoms with E-state index >= 15 is 0 Å². The number of nitrogens with zero attached hydrogens (tertiary/aromatic N) is 2. The summed E-state index contributed by atoms with van der Waals surface area (Å²) < 4.78 is 7.14. The lowest BCUT2D eigenvalue weighted by Crippen LogP contribution is -2.33. The summed E-state index contributed by atoms with van der Waals surface area (Å²) >= 11 is 5.93. The molecule has 1 aromatic heterocycles. The van der Waals surface area contributed by atoms with Crippen molar-refractivity contribution >= 4 is 17.5 Å². The number of nitrogens with one attached hydrogen (secondary N) is 1. The molecular formula is C16H20ClN3O2. The lowest BCUT2D eigenvalue weighted by molar-refractivity contribution is 0.0919. The van der Waals surface area contributed by atoms with E-state index in [2.05, 4.69) is 10.3 Å². The van der Waals surface area contributed by atoms with E-state index in [4.69, 9.17) is 16.3 Å². The van der Waals surface area contributed by atoms with Gasteiger partial charge in [-0.05, 0) is 24.1 Å². The van der Waals surface area contributed by atoms with Crippen LogP contribution in [0.5, 0.6) is 5.75 Å². The van der Waals surface area contributed by atoms with Crippen LogP contribution in [-0.4, -0.2) is 22.6 Å². The fraction of sp³-hybridized carbons (Fsp3) is 0.375. The summed E-state index contributed by atoms with van der Waals surface area (Å²) in [6, 6.07) is 4.77. The highest BCUT2D eigenvalue weighted by atomic mass is 35.5. The average Bonchev–Trinajstić information content (AvgIpc) is 2.89. The molecule has 1 heterocycles. The van der Waals surface area contributed by atoms with E-state index in [1.165, 1.54) is 7.11 Å². The molecule has 0 bridgehead atoms. The van der Waals surface area contributed by atoms with Gasteiger partial charge in [0.1, 0.15) is 11.6 Å². The molecule has 0 saturated carbocycles. The highest BCUT2D eigenvalue weighted by molar-refractivity contribution is 6.30. The van der Waals surface area contributed by atoms with Crippen molar-refractivity contribution in [1.82, 2.24) is 14.9 Å². The van der Waals surface area contributed by atoms with E-state index in [0.717, 1.165) is 5.82 Å². The van der Waals surface area contributed by atoms with Crippen molar-refractivity contribution in [3.05, 3.63) is 47.0 Å². The largest absolute Gasteiger partial charge is 0.496 e. The number of rotatable bonds is 5. The quantitative estimate of drug-likeness (QED) is 0.920. The molecule has 0 aliphatic rings. The van der Waals surface area contributed by atoms with Gasteiger partial charge in [-0.1, -0.05) is 25.4 Å². The van der Waals surface area contributed by atoms with Gasteiger partial charge in [0, 0.05) is 24.5 Å². The van der Waals surface area contributed by atoms with E-state index in [-0.39, 0.29) is 17.9 Å². The number of hydrogen-bond donors (Lipinski definition) is 1. The number of aryl methyl sites for hydroxylation is 1. The number of ether oxygens (including phenoxy) is 1. The smallest absolute Gasteiger partial charge is 0.255 e. The molecule has 1 aromatic carbocycles. The van der Waals surface area contributed by atoms with Crippen LogP contribution in [0.15, 0.2) is 30.6 Å². The van der Waals surface area contributed by atoms with Gasteiger partial charge in [-0.25, -0.2) is 4.98 Å². The number of benzene rings is 1. The van der Waals surface area contributed by atoms with E-state index in [9.17, 15) is 4.79 Å². The number of carbonyl (C=O) groups excluding carboxylic acids is 1. The van der Waals surface area contributed by atoms with Crippen LogP contribution in [0.4, 0.5) is 0 Å². The van der Waals surface area contributed by atoms with Crippen LogP contribution in [0.25, 0.3) is 0 Å². The summed E-state index contributed by atoms with van der Waals surface area (Å²) in [6.07, 6.45) is 3.58. The van der Waals surface area contributed by atoms with Crippen LogP contribution in [-0.2, 0) is 7.05 Å². The van der Waals surface area contributed by atoms with Crippen LogP contribution in [0.1, 0.15) is 36.1 Å². The van der Waals surface area contributed by atoms with Crippen molar-refractivity contribution in [2.45, 2.75) is 19.9 Å². The van der Waals surface area contributed by atoms with Crippen LogP contribution in [0.3, 0.4) is 0 Å². The molecule has 0 fully saturated rings. The molecule has 1 N–H and O–H groups in total. The van der Waals surface area contributed by atoms with E-state index in [0.29, 0.717) is 16.3 Å². The second kappa shape index (κ2) is 6.83. The van der Waals surface area contributed by atoms with Gasteiger partial charge in [0.15, 0.2) is 0 Å². The second-order valence-electron chi connectivity index (χ2n) is 5.44. The van der Waals surface area contributed by atoms with E-state index in [1.807, 2.05) is 31.7 Å². The molecule has 22 heavy (non-hydrogen) atoms. The minimum absolute atomic E-state index is 0.187. The van der Waals surface area contributed by atoms with Crippen LogP contribution in [0, 0.1) is 5.92 Å². The molecule has 2 rings (SSSR count). The molecule has 2 aromatic rings. The third-order valence-corrected chi connectivity index (χ3v) is 3.73. The summed E-state index contributed by atoms with van der Waals surface area (Å²) in [5.74, 6) is 1.25. The highest BCUT2D eigenvalue weighted by Crippen LogP contribution is 2.25. The summed E-state index contributed by atoms with van der Waals surface area (Å²) in [7, 11) is 3.42. The zero-order chi connectivity index (χ0) is 16.3. The Hall–Kier alpha value is -2.01. The Balaban J connectivity index is 2.28. The van der Waals surface area contributed by atoms with Gasteiger partial charge in [-0.2, -0.15) is 0 Å². The fourth-order valence-corrected chi connectivity index (χ4v) is 2.44. The molecule has 118 valence electrons. The third-order valence-electron chi connectivity index (χ3n) is 3.50. The normalized spacial score (nSPS) is 12.3. The Morgan fingerprint density at radius 3 is 2.68 bits per heavy atom. The molecular weight excluding hydrogens is 302 g/mol. The van der Waals surface area contributed by atoms with Gasteiger partial charge in [-0.3, -0.25) is 4.79 Å². The van der Waals surface area contributed by atoms with Crippen molar-refractivity contribution in [2.24, 2.45) is 13.0 Å². The predicted molar refractivity (Wildman–Crippen MR) is 86.3 cm³/mol. The Labute approximate surface area is 135 Å². The van der Waals surface area contributed by atoms with Gasteiger partial charge in [-0.15, -0.1) is 0 Å². The standard InChI is InChI=1S/C16H20ClN3O2/c1-10(2)14(15-18-7-8-20(15)3)19-16(21)12-6-5-11(17)9-13(12)22-4/h5-10,14H,1-4H3,(H,19,21)/t14-/m1/s1. The zero-order valence-electron chi connectivity index (χ0n) is 13.1. The molecule has 0 aliphatic heterocycles. The molecule has 0 radical (unpaired) electrons. The number of carbonyl (C=O) groups is 1. The maximum atomic E-state index is 12.6. The molecule has 0 unspecified atom stereocenters. The maximum absolute atomic E-state index is 12.6. The topological polar surface area (TPSA) is 56.1 Å². The van der Waals surface area contributed by atoms with Crippen molar-refractivity contribution in [1.29, 1.82) is 0 Å². The van der Waals surface area contributed by atoms with E-state index < -0.39 is 0 Å². The van der Waals surface area contributed by atoms with Gasteiger partial charge >= 0.3 is 0 Å². The minimum Gasteiger partial charge on any atom is -0.496 e. The van der Waals surface area contributed by atoms with Gasteiger partial charge in [0.05, 0.1) is 18.7 Å². The van der Waals surface area contributed by atoms with Crippen molar-refractivity contribution in [3.8, 4) is 5.75 Å². The first kappa shape index (κ1) is 16.4. The van der Waals surface area contributed by atoms with Crippen molar-refractivity contribution in [3.63, 3.8) is 0 Å². The Bertz CT molecular complexity index is 667. The summed E-state index contributed by atoms with van der Waals surface area (Å²) in [6.45, 7) is 4.08. The first-order valence-electron chi connectivity index (χ1n) is 7.05. The minimum atomic E-state index is -0.213. The number of imidazole rings is 1. The molecule has 0 spiro atoms. The number of methoxy groups -OCH3 is 1. The van der Waals surface area contributed by atoms with Gasteiger partial charge < -0.3 is 14.6 Å². The molecule has 0 saturated heterocycles. The molecule has 0 aliphatic carbocycles. The maximum Gasteiger partial charge on any atom is 0.255 e. The zero-order valence-corrected chi connectivity index (χ0v) is 13.9. The second-order valence-corrected chi connectivity index (χ2v) is 5.87. The number of amides is 1. The lowest BCUT2D eigenvalue weighted by Gasteiger charge is -2.22. The summed E-state index contributed by atoms with van der Waals surface area (Å²) in [5, 5.41) is 3.55. The highest BCUT2D eigenvalue weighted by Gasteiger charge is 2.24. The molecule has 6 heteroatoms. The average molecular weight is 322 g/mol. The molecule has 5 nitrogen and oxygen atoms in total. The third kappa shape index (κ3) is 3.42. The van der Waals surface area contributed by atoms with Crippen LogP contribution < -0.4 is 10.1 Å². The van der Waals surface area contributed by atoms with Crippen LogP contribution >= 0.6 is 11.6 Å². The van der Waals surface area contributed by atoms with Gasteiger partial charge in [0.2, 0.25) is 0 Å². The summed E-state index contributed by atoms with van der Waals surface area (Å²) in [4.78, 5) is 16.9. The van der Waals surface area contributed by atoms with Crippen molar-refractivity contribution in [2.75, 3.05) is 7.11 Å². The Morgan fingerprint density at radius 2 is 2.14 bits per heavy atom. The monoisotopic (exact) mass is 321 g/mol. The SMILES string of the molecule is COc1cc(Cl)ccc1C(=O)N[C@@H](c1nccn1C)C(C)C.